The molecule has 0 nitrogen and oxygen atoms in total. The van der Waals surface area contributed by atoms with Gasteiger partial charge in [0.15, 0.2) is 0 Å². The maximum absolute atomic E-state index is 2.23. The van der Waals surface area contributed by atoms with Gasteiger partial charge in [-0.25, -0.2) is 0 Å². The molecule has 2 aromatic carbocycles. The first-order valence-electron chi connectivity index (χ1n) is 4.84. The summed E-state index contributed by atoms with van der Waals surface area (Å²) in [6.07, 6.45) is 0. The van der Waals surface area contributed by atoms with Gasteiger partial charge in [0.1, 0.15) is 0 Å². The van der Waals surface area contributed by atoms with Crippen molar-refractivity contribution >= 4 is 17.0 Å². The quantitative estimate of drug-likeness (QED) is 0.736. The van der Waals surface area contributed by atoms with Gasteiger partial charge in [-0.05, 0) is 0 Å². The van der Waals surface area contributed by atoms with E-state index >= 15 is 0 Å². The van der Waals surface area contributed by atoms with Crippen LogP contribution in [-0.4, -0.2) is 0 Å². The van der Waals surface area contributed by atoms with E-state index in [2.05, 4.69) is 54.6 Å². The zero-order chi connectivity index (χ0) is 9.80. The molecule has 0 radical (unpaired) electrons. The summed E-state index contributed by atoms with van der Waals surface area (Å²) in [5, 5.41) is 1.21. The molecule has 0 spiro atoms. The molecule has 0 aromatic heterocycles. The number of hydrogen-bond donors (Lipinski definition) is 0. The molecule has 0 saturated carbocycles. The molecule has 2 rings (SSSR count). The van der Waals surface area contributed by atoms with E-state index in [-0.39, 0.29) is 17.0 Å². The zero-order valence-corrected chi connectivity index (χ0v) is 13.2. The van der Waals surface area contributed by atoms with E-state index in [9.17, 15) is 0 Å². The summed E-state index contributed by atoms with van der Waals surface area (Å²) in [4.78, 5) is 0. The van der Waals surface area contributed by atoms with E-state index in [1.165, 1.54) is 40.0 Å². The van der Waals surface area contributed by atoms with Gasteiger partial charge in [-0.3, -0.25) is 0 Å². The van der Waals surface area contributed by atoms with Crippen LogP contribution >= 0.6 is 17.0 Å². The number of rotatable bonds is 2. The average Bonchev–Trinajstić information content (AvgIpc) is 2.30. The molecule has 2 aromatic rings. The van der Waals surface area contributed by atoms with E-state index in [4.69, 9.17) is 0 Å². The normalized spacial score (nSPS) is 9.47. The Morgan fingerprint density at radius 2 is 1.40 bits per heavy atom. The summed E-state index contributed by atoms with van der Waals surface area (Å²) in [7, 11) is 0. The van der Waals surface area contributed by atoms with Crippen molar-refractivity contribution in [2.24, 2.45) is 0 Å². The Balaban J connectivity index is 0.00000112. The van der Waals surface area contributed by atoms with Gasteiger partial charge in [-0.15, -0.1) is 17.0 Å². The van der Waals surface area contributed by atoms with Crippen LogP contribution in [0.15, 0.2) is 54.6 Å². The summed E-state index contributed by atoms with van der Waals surface area (Å²) in [6.45, 7) is 0. The van der Waals surface area contributed by atoms with Gasteiger partial charge in [0, 0.05) is 0 Å². The van der Waals surface area contributed by atoms with Gasteiger partial charge >= 0.3 is 94.6 Å². The fourth-order valence-electron chi connectivity index (χ4n) is 1.64. The standard InChI is InChI=1S/C13H11.BrH.Zn/c1-11-7-5-6-10-13(11)12-8-3-2-4-9-12;;/h2-10H,1H2;1H;. The molecule has 2 heteroatoms. The predicted octanol–water partition coefficient (Wildman–Crippen LogP) is 3.98. The van der Waals surface area contributed by atoms with Gasteiger partial charge < -0.3 is 0 Å². The Labute approximate surface area is 111 Å². The first kappa shape index (κ1) is 12.6. The first-order valence-corrected chi connectivity index (χ1v) is 6.94. The van der Waals surface area contributed by atoms with Crippen LogP contribution in [0.2, 0.25) is 0 Å². The van der Waals surface area contributed by atoms with Crippen molar-refractivity contribution in [3.63, 3.8) is 0 Å². The van der Waals surface area contributed by atoms with Crippen LogP contribution in [0.3, 0.4) is 0 Å². The van der Waals surface area contributed by atoms with E-state index in [1.807, 2.05) is 0 Å². The summed E-state index contributed by atoms with van der Waals surface area (Å²) in [6, 6.07) is 19.3. The van der Waals surface area contributed by atoms with Crippen LogP contribution in [0, 0.1) is 0 Å². The minimum atomic E-state index is 0. The van der Waals surface area contributed by atoms with Gasteiger partial charge in [0.2, 0.25) is 0 Å². The summed E-state index contributed by atoms with van der Waals surface area (Å²) >= 11 is 1.32. The molecular formula is C13H12BrZn. The Bertz CT molecular complexity index is 412. The Morgan fingerprint density at radius 1 is 0.800 bits per heavy atom. The fraction of sp³-hybridized carbons (Fsp3) is 0.0769. The third kappa shape index (κ3) is 3.00. The Morgan fingerprint density at radius 3 is 2.07 bits per heavy atom. The summed E-state index contributed by atoms with van der Waals surface area (Å²) in [5.74, 6) is 0. The van der Waals surface area contributed by atoms with Gasteiger partial charge in [-0.2, -0.15) is 0 Å². The third-order valence-corrected chi connectivity index (χ3v) is 3.50. The third-order valence-electron chi connectivity index (χ3n) is 2.37. The molecule has 0 aliphatic rings. The number of halogens is 1. The van der Waals surface area contributed by atoms with Crippen LogP contribution < -0.4 is 0 Å². The molecule has 73 valence electrons. The van der Waals surface area contributed by atoms with Gasteiger partial charge in [-0.1, -0.05) is 0 Å². The molecule has 0 aliphatic heterocycles. The molecule has 0 saturated heterocycles. The van der Waals surface area contributed by atoms with Gasteiger partial charge in [0.05, 0.1) is 0 Å². The van der Waals surface area contributed by atoms with E-state index in [1.54, 1.807) is 0 Å². The molecular weight excluding hydrogens is 301 g/mol. The summed E-state index contributed by atoms with van der Waals surface area (Å²) in [5.41, 5.74) is 4.19. The van der Waals surface area contributed by atoms with E-state index in [0.717, 1.165) is 0 Å². The van der Waals surface area contributed by atoms with Crippen molar-refractivity contribution in [3.05, 3.63) is 60.2 Å². The minimum absolute atomic E-state index is 0. The Kier molecular flexibility index (Phi) is 5.21. The van der Waals surface area contributed by atoms with Crippen molar-refractivity contribution in [1.29, 1.82) is 0 Å². The average molecular weight is 314 g/mol. The number of benzene rings is 2. The molecule has 0 unspecified atom stereocenters. The molecule has 0 N–H and O–H groups in total. The second-order valence-corrected chi connectivity index (χ2v) is 4.32. The topological polar surface area (TPSA) is 0 Å². The monoisotopic (exact) mass is 311 g/mol. The first-order chi connectivity index (χ1) is 6.92. The number of hydrogen-bond acceptors (Lipinski definition) is 0. The predicted molar refractivity (Wildman–Crippen MR) is 65.9 cm³/mol. The van der Waals surface area contributed by atoms with Crippen molar-refractivity contribution in [1.82, 2.24) is 0 Å². The van der Waals surface area contributed by atoms with Crippen molar-refractivity contribution in [2.45, 2.75) is 5.02 Å². The fourth-order valence-corrected chi connectivity index (χ4v) is 2.55. The second-order valence-electron chi connectivity index (χ2n) is 3.27. The molecule has 0 aliphatic carbocycles. The SMILES string of the molecule is Br.[Zn][CH2]c1ccccc1-c1ccccc1. The molecule has 0 bridgehead atoms. The van der Waals surface area contributed by atoms with Crippen LogP contribution in [-0.2, 0) is 23.3 Å². The van der Waals surface area contributed by atoms with E-state index < -0.39 is 0 Å². The Hall–Kier alpha value is -0.457. The van der Waals surface area contributed by atoms with Crippen LogP contribution in [0.5, 0.6) is 0 Å². The molecule has 15 heavy (non-hydrogen) atoms. The molecule has 0 heterocycles. The van der Waals surface area contributed by atoms with Crippen LogP contribution in [0.4, 0.5) is 0 Å². The maximum atomic E-state index is 2.23. The van der Waals surface area contributed by atoms with Gasteiger partial charge in [0.25, 0.3) is 0 Å². The van der Waals surface area contributed by atoms with Crippen LogP contribution in [0.1, 0.15) is 5.56 Å². The van der Waals surface area contributed by atoms with E-state index in [0.29, 0.717) is 0 Å². The second kappa shape index (κ2) is 6.20. The zero-order valence-electron chi connectivity index (χ0n) is 8.52. The molecule has 0 amide bonds. The van der Waals surface area contributed by atoms with Crippen molar-refractivity contribution < 1.29 is 18.3 Å². The van der Waals surface area contributed by atoms with Crippen molar-refractivity contribution in [2.75, 3.05) is 0 Å². The van der Waals surface area contributed by atoms with Crippen LogP contribution in [0.25, 0.3) is 11.1 Å². The summed E-state index contributed by atoms with van der Waals surface area (Å²) < 4.78 is 0. The molecule has 0 atom stereocenters. The van der Waals surface area contributed by atoms with Crippen molar-refractivity contribution in [3.8, 4) is 11.1 Å². The molecule has 0 fully saturated rings.